The predicted molar refractivity (Wildman–Crippen MR) is 137 cm³/mol. The highest BCUT2D eigenvalue weighted by atomic mass is 127. The Hall–Kier alpha value is -1.84. The minimum atomic E-state index is 0. The Labute approximate surface area is 203 Å². The SMILES string of the molecule is CN=C(NCc1cccc(CN2CCOC(C)C2)c1)N(C)Cc1ccccc1OC.I. The van der Waals surface area contributed by atoms with E-state index in [0.29, 0.717) is 6.10 Å². The third-order valence-electron chi connectivity index (χ3n) is 5.35. The normalized spacial score (nSPS) is 17.0. The van der Waals surface area contributed by atoms with Gasteiger partial charge in [-0.2, -0.15) is 0 Å². The number of aliphatic imine (C=N–C) groups is 1. The minimum Gasteiger partial charge on any atom is -0.496 e. The molecule has 1 atom stereocenters. The lowest BCUT2D eigenvalue weighted by atomic mass is 10.1. The van der Waals surface area contributed by atoms with E-state index in [9.17, 15) is 0 Å². The molecule has 0 radical (unpaired) electrons. The van der Waals surface area contributed by atoms with Gasteiger partial charge >= 0.3 is 0 Å². The topological polar surface area (TPSA) is 49.3 Å². The predicted octanol–water partition coefficient (Wildman–Crippen LogP) is 3.74. The Morgan fingerprint density at radius 1 is 1.23 bits per heavy atom. The van der Waals surface area contributed by atoms with Crippen LogP contribution in [0, 0.1) is 0 Å². The number of hydrogen-bond acceptors (Lipinski definition) is 4. The Morgan fingerprint density at radius 2 is 2.00 bits per heavy atom. The van der Waals surface area contributed by atoms with E-state index in [1.54, 1.807) is 7.11 Å². The fourth-order valence-corrected chi connectivity index (χ4v) is 3.86. The average Bonchev–Trinajstić information content (AvgIpc) is 2.75. The third kappa shape index (κ3) is 7.66. The van der Waals surface area contributed by atoms with Crippen molar-refractivity contribution in [3.05, 3.63) is 65.2 Å². The molecule has 0 amide bonds. The van der Waals surface area contributed by atoms with Gasteiger partial charge in [-0.3, -0.25) is 9.89 Å². The molecule has 1 heterocycles. The van der Waals surface area contributed by atoms with E-state index in [1.165, 1.54) is 11.1 Å². The molecule has 1 saturated heterocycles. The van der Waals surface area contributed by atoms with Gasteiger partial charge in [0.25, 0.3) is 0 Å². The Bertz CT molecular complexity index is 846. The Balaban J connectivity index is 0.00000341. The van der Waals surface area contributed by atoms with Crippen LogP contribution in [-0.4, -0.2) is 62.8 Å². The second kappa shape index (κ2) is 12.9. The molecule has 0 aliphatic carbocycles. The van der Waals surface area contributed by atoms with Crippen LogP contribution < -0.4 is 10.1 Å². The van der Waals surface area contributed by atoms with Gasteiger partial charge in [-0.05, 0) is 24.1 Å². The molecule has 2 aromatic rings. The maximum absolute atomic E-state index is 5.65. The molecule has 6 nitrogen and oxygen atoms in total. The molecule has 7 heteroatoms. The first-order valence-electron chi connectivity index (χ1n) is 10.5. The molecular formula is C24H35IN4O2. The fourth-order valence-electron chi connectivity index (χ4n) is 3.86. The van der Waals surface area contributed by atoms with E-state index in [2.05, 4.69) is 57.4 Å². The van der Waals surface area contributed by atoms with Crippen LogP contribution in [0.25, 0.3) is 0 Å². The van der Waals surface area contributed by atoms with E-state index < -0.39 is 0 Å². The second-order valence-corrected chi connectivity index (χ2v) is 7.81. The lowest BCUT2D eigenvalue weighted by Gasteiger charge is -2.31. The summed E-state index contributed by atoms with van der Waals surface area (Å²) in [5.74, 6) is 1.75. The minimum absolute atomic E-state index is 0. The summed E-state index contributed by atoms with van der Waals surface area (Å²) in [6, 6.07) is 16.9. The Kier molecular flexibility index (Phi) is 10.6. The first-order chi connectivity index (χ1) is 14.6. The standard InChI is InChI=1S/C24H34N4O2.HI/c1-19-16-28(12-13-30-19)17-21-9-7-8-20(14-21)15-26-24(25-2)27(3)18-22-10-5-6-11-23(22)29-4;/h5-11,14,19H,12-13,15-18H2,1-4H3,(H,25,26);1H. The maximum Gasteiger partial charge on any atom is 0.193 e. The van der Waals surface area contributed by atoms with E-state index in [0.717, 1.165) is 56.6 Å². The molecule has 1 fully saturated rings. The highest BCUT2D eigenvalue weighted by Gasteiger charge is 2.16. The molecule has 0 saturated carbocycles. The van der Waals surface area contributed by atoms with Gasteiger partial charge in [0.2, 0.25) is 0 Å². The zero-order chi connectivity index (χ0) is 21.3. The van der Waals surface area contributed by atoms with Gasteiger partial charge in [0, 0.05) is 52.4 Å². The van der Waals surface area contributed by atoms with Gasteiger partial charge in [0.1, 0.15) is 5.75 Å². The molecule has 1 aliphatic rings. The summed E-state index contributed by atoms with van der Waals surface area (Å²) in [5, 5.41) is 3.48. The van der Waals surface area contributed by atoms with Crippen molar-refractivity contribution in [1.82, 2.24) is 15.1 Å². The quantitative estimate of drug-likeness (QED) is 0.331. The van der Waals surface area contributed by atoms with Gasteiger partial charge < -0.3 is 19.7 Å². The van der Waals surface area contributed by atoms with Crippen molar-refractivity contribution in [2.24, 2.45) is 4.99 Å². The van der Waals surface area contributed by atoms with E-state index in [4.69, 9.17) is 9.47 Å². The summed E-state index contributed by atoms with van der Waals surface area (Å²) < 4.78 is 11.1. The largest absolute Gasteiger partial charge is 0.496 e. The zero-order valence-electron chi connectivity index (χ0n) is 19.0. The molecule has 3 rings (SSSR count). The number of morpholine rings is 1. The van der Waals surface area contributed by atoms with Crippen molar-refractivity contribution in [1.29, 1.82) is 0 Å². The number of methoxy groups -OCH3 is 1. The van der Waals surface area contributed by atoms with Crippen molar-refractivity contribution in [2.75, 3.05) is 40.9 Å². The molecule has 0 aromatic heterocycles. The maximum atomic E-state index is 5.65. The number of benzene rings is 2. The van der Waals surface area contributed by atoms with Gasteiger partial charge in [-0.25, -0.2) is 0 Å². The summed E-state index contributed by atoms with van der Waals surface area (Å²) >= 11 is 0. The number of guanidine groups is 1. The third-order valence-corrected chi connectivity index (χ3v) is 5.35. The molecule has 1 N–H and O–H groups in total. The number of ether oxygens (including phenoxy) is 2. The van der Waals surface area contributed by atoms with Crippen molar-refractivity contribution in [3.8, 4) is 5.75 Å². The number of nitrogens with one attached hydrogen (secondary N) is 1. The van der Waals surface area contributed by atoms with Crippen molar-refractivity contribution in [2.45, 2.75) is 32.7 Å². The smallest absolute Gasteiger partial charge is 0.193 e. The molecule has 170 valence electrons. The molecule has 0 spiro atoms. The number of halogens is 1. The highest BCUT2D eigenvalue weighted by molar-refractivity contribution is 14.0. The number of para-hydroxylation sites is 1. The van der Waals surface area contributed by atoms with Gasteiger partial charge in [-0.1, -0.05) is 42.5 Å². The Morgan fingerprint density at radius 3 is 2.74 bits per heavy atom. The monoisotopic (exact) mass is 538 g/mol. The molecule has 1 aliphatic heterocycles. The first kappa shape index (κ1) is 25.4. The summed E-state index contributed by atoms with van der Waals surface area (Å²) in [6.07, 6.45) is 0.311. The summed E-state index contributed by atoms with van der Waals surface area (Å²) in [7, 11) is 5.56. The van der Waals surface area contributed by atoms with Crippen LogP contribution in [0.3, 0.4) is 0 Å². The van der Waals surface area contributed by atoms with Crippen LogP contribution >= 0.6 is 24.0 Å². The molecular weight excluding hydrogens is 503 g/mol. The molecule has 1 unspecified atom stereocenters. The lowest BCUT2D eigenvalue weighted by Crippen LogP contribution is -2.40. The molecule has 31 heavy (non-hydrogen) atoms. The number of rotatable bonds is 7. The summed E-state index contributed by atoms with van der Waals surface area (Å²) in [6.45, 7) is 7.35. The molecule has 2 aromatic carbocycles. The lowest BCUT2D eigenvalue weighted by molar-refractivity contribution is -0.0212. The summed E-state index contributed by atoms with van der Waals surface area (Å²) in [4.78, 5) is 9.01. The van der Waals surface area contributed by atoms with Crippen molar-refractivity contribution >= 4 is 29.9 Å². The van der Waals surface area contributed by atoms with Gasteiger partial charge in [-0.15, -0.1) is 24.0 Å². The second-order valence-electron chi connectivity index (χ2n) is 7.81. The van der Waals surface area contributed by atoms with Crippen molar-refractivity contribution in [3.63, 3.8) is 0 Å². The van der Waals surface area contributed by atoms with E-state index in [-0.39, 0.29) is 24.0 Å². The van der Waals surface area contributed by atoms with Gasteiger partial charge in [0.15, 0.2) is 5.96 Å². The molecule has 0 bridgehead atoms. The number of hydrogen-bond donors (Lipinski definition) is 1. The number of nitrogens with zero attached hydrogens (tertiary/aromatic N) is 3. The van der Waals surface area contributed by atoms with Crippen LogP contribution in [0.15, 0.2) is 53.5 Å². The fraction of sp³-hybridized carbons (Fsp3) is 0.458. The summed E-state index contributed by atoms with van der Waals surface area (Å²) in [5.41, 5.74) is 3.72. The van der Waals surface area contributed by atoms with Crippen LogP contribution in [0.5, 0.6) is 5.75 Å². The van der Waals surface area contributed by atoms with E-state index in [1.807, 2.05) is 32.3 Å². The van der Waals surface area contributed by atoms with E-state index >= 15 is 0 Å². The van der Waals surface area contributed by atoms with Gasteiger partial charge in [0.05, 0.1) is 19.8 Å². The van der Waals surface area contributed by atoms with Crippen LogP contribution in [0.4, 0.5) is 0 Å². The van der Waals surface area contributed by atoms with Crippen LogP contribution in [0.1, 0.15) is 23.6 Å². The zero-order valence-corrected chi connectivity index (χ0v) is 21.3. The highest BCUT2D eigenvalue weighted by Crippen LogP contribution is 2.19. The van der Waals surface area contributed by atoms with Crippen molar-refractivity contribution < 1.29 is 9.47 Å². The van der Waals surface area contributed by atoms with Crippen LogP contribution in [-0.2, 0) is 24.4 Å². The van der Waals surface area contributed by atoms with Crippen LogP contribution in [0.2, 0.25) is 0 Å². The average molecular weight is 538 g/mol. The first-order valence-corrected chi connectivity index (χ1v) is 10.5.